The smallest absolute Gasteiger partial charge is 0.253 e. The van der Waals surface area contributed by atoms with Crippen LogP contribution in [0.15, 0.2) is 24.8 Å². The topological polar surface area (TPSA) is 85.6 Å². The van der Waals surface area contributed by atoms with Gasteiger partial charge in [-0.1, -0.05) is 0 Å². The fourth-order valence-corrected chi connectivity index (χ4v) is 3.56. The Balaban J connectivity index is 1.46. The second-order valence-electron chi connectivity index (χ2n) is 6.73. The number of amides is 1. The first-order chi connectivity index (χ1) is 12.6. The number of ether oxygens (including phenoxy) is 2. The summed E-state index contributed by atoms with van der Waals surface area (Å²) in [5.74, 6) is 1.38. The fourth-order valence-electron chi connectivity index (χ4n) is 3.56. The highest BCUT2D eigenvalue weighted by molar-refractivity contribution is 5.94. The summed E-state index contributed by atoms with van der Waals surface area (Å²) in [5, 5.41) is 4.18. The number of rotatable bonds is 3. The van der Waals surface area contributed by atoms with E-state index in [1.807, 2.05) is 19.3 Å². The zero-order chi connectivity index (χ0) is 18.1. The van der Waals surface area contributed by atoms with Crippen LogP contribution >= 0.6 is 0 Å². The van der Waals surface area contributed by atoms with E-state index in [1.54, 1.807) is 22.9 Å². The lowest BCUT2D eigenvalue weighted by molar-refractivity contribution is -0.141. The molecule has 0 N–H and O–H groups in total. The van der Waals surface area contributed by atoms with Gasteiger partial charge in [0.05, 0.1) is 31.1 Å². The molecular formula is C17H22N6O3. The van der Waals surface area contributed by atoms with Crippen LogP contribution in [-0.2, 0) is 16.6 Å². The summed E-state index contributed by atoms with van der Waals surface area (Å²) in [6.07, 6.45) is 6.74. The number of hydrogen-bond acceptors (Lipinski definition) is 7. The minimum absolute atomic E-state index is 0.0217. The van der Waals surface area contributed by atoms with Crippen molar-refractivity contribution in [3.8, 4) is 5.88 Å². The summed E-state index contributed by atoms with van der Waals surface area (Å²) in [6, 6.07) is 1.84. The number of piperidine rings is 1. The van der Waals surface area contributed by atoms with Gasteiger partial charge < -0.3 is 19.3 Å². The van der Waals surface area contributed by atoms with Gasteiger partial charge in [-0.2, -0.15) is 5.10 Å². The minimum Gasteiger partial charge on any atom is -0.481 e. The maximum Gasteiger partial charge on any atom is 0.253 e. The molecule has 0 saturated carbocycles. The van der Waals surface area contributed by atoms with Gasteiger partial charge in [-0.05, 0) is 12.8 Å². The van der Waals surface area contributed by atoms with Crippen LogP contribution in [0.5, 0.6) is 5.88 Å². The monoisotopic (exact) mass is 358 g/mol. The summed E-state index contributed by atoms with van der Waals surface area (Å²) in [7, 11) is 3.44. The lowest BCUT2D eigenvalue weighted by Gasteiger charge is -2.46. The molecule has 2 aromatic rings. The molecule has 0 radical (unpaired) electrons. The van der Waals surface area contributed by atoms with Gasteiger partial charge >= 0.3 is 0 Å². The number of carbonyl (C=O) groups is 1. The van der Waals surface area contributed by atoms with Crippen molar-refractivity contribution in [2.45, 2.75) is 18.4 Å². The average Bonchev–Trinajstić information content (AvgIpc) is 3.11. The lowest BCUT2D eigenvalue weighted by atomic mass is 9.89. The van der Waals surface area contributed by atoms with Gasteiger partial charge in [0.2, 0.25) is 5.88 Å². The second kappa shape index (κ2) is 6.56. The lowest BCUT2D eigenvalue weighted by Crippen LogP contribution is -2.59. The van der Waals surface area contributed by atoms with E-state index in [9.17, 15) is 4.79 Å². The first-order valence-corrected chi connectivity index (χ1v) is 8.62. The molecule has 138 valence electrons. The molecule has 0 bridgehead atoms. The summed E-state index contributed by atoms with van der Waals surface area (Å²) < 4.78 is 12.9. The molecule has 0 unspecified atom stereocenters. The molecule has 2 aliphatic heterocycles. The van der Waals surface area contributed by atoms with Gasteiger partial charge in [0, 0.05) is 32.4 Å². The maximum atomic E-state index is 12.3. The molecule has 2 saturated heterocycles. The molecule has 4 rings (SSSR count). The van der Waals surface area contributed by atoms with Crippen molar-refractivity contribution in [1.29, 1.82) is 0 Å². The van der Waals surface area contributed by atoms with E-state index in [-0.39, 0.29) is 18.1 Å². The van der Waals surface area contributed by atoms with Crippen molar-refractivity contribution >= 4 is 17.4 Å². The standard InChI is InChI=1S/C17H22N6O3/c1-21-9-13(8-20-21)23-11-17(26-10-16(23)24)3-5-22(6-4-17)14-7-15(25-2)19-12-18-14/h7-9,12H,3-6,10-11H2,1-2H3. The molecule has 1 amide bonds. The van der Waals surface area contributed by atoms with Crippen LogP contribution < -0.4 is 14.5 Å². The molecule has 4 heterocycles. The molecule has 9 heteroatoms. The molecule has 0 atom stereocenters. The number of nitrogens with zero attached hydrogens (tertiary/aromatic N) is 6. The Morgan fingerprint density at radius 2 is 2.08 bits per heavy atom. The molecule has 2 aromatic heterocycles. The van der Waals surface area contributed by atoms with E-state index in [2.05, 4.69) is 20.0 Å². The molecule has 0 aliphatic carbocycles. The first-order valence-electron chi connectivity index (χ1n) is 8.62. The number of aromatic nitrogens is 4. The predicted molar refractivity (Wildman–Crippen MR) is 94.3 cm³/mol. The predicted octanol–water partition coefficient (Wildman–Crippen LogP) is 0.621. The van der Waals surface area contributed by atoms with E-state index in [4.69, 9.17) is 9.47 Å². The summed E-state index contributed by atoms with van der Waals surface area (Å²) in [6.45, 7) is 2.26. The molecule has 2 fully saturated rings. The van der Waals surface area contributed by atoms with Crippen molar-refractivity contribution < 1.29 is 14.3 Å². The van der Waals surface area contributed by atoms with Crippen LogP contribution in [0.2, 0.25) is 0 Å². The minimum atomic E-state index is -0.322. The Hall–Kier alpha value is -2.68. The van der Waals surface area contributed by atoms with E-state index in [1.165, 1.54) is 6.33 Å². The van der Waals surface area contributed by atoms with E-state index >= 15 is 0 Å². The van der Waals surface area contributed by atoms with Gasteiger partial charge in [-0.25, -0.2) is 9.97 Å². The zero-order valence-electron chi connectivity index (χ0n) is 15.0. The Morgan fingerprint density at radius 1 is 1.27 bits per heavy atom. The third kappa shape index (κ3) is 3.10. The molecule has 26 heavy (non-hydrogen) atoms. The number of morpholine rings is 1. The summed E-state index contributed by atoms with van der Waals surface area (Å²) >= 11 is 0. The van der Waals surface area contributed by atoms with Crippen LogP contribution in [0.4, 0.5) is 11.5 Å². The Labute approximate surface area is 151 Å². The first kappa shape index (κ1) is 16.8. The van der Waals surface area contributed by atoms with Crippen molar-refractivity contribution in [2.24, 2.45) is 7.05 Å². The van der Waals surface area contributed by atoms with Gasteiger partial charge in [0.1, 0.15) is 18.8 Å². The van der Waals surface area contributed by atoms with E-state index in [0.717, 1.165) is 37.4 Å². The van der Waals surface area contributed by atoms with Gasteiger partial charge in [0.25, 0.3) is 5.91 Å². The van der Waals surface area contributed by atoms with E-state index < -0.39 is 0 Å². The molecular weight excluding hydrogens is 336 g/mol. The summed E-state index contributed by atoms with van der Waals surface area (Å²) in [5.41, 5.74) is 0.500. The largest absolute Gasteiger partial charge is 0.481 e. The van der Waals surface area contributed by atoms with Gasteiger partial charge in [-0.3, -0.25) is 9.48 Å². The zero-order valence-corrected chi connectivity index (χ0v) is 15.0. The van der Waals surface area contributed by atoms with Crippen LogP contribution in [0.3, 0.4) is 0 Å². The highest BCUT2D eigenvalue weighted by Gasteiger charge is 2.43. The number of aryl methyl sites for hydroxylation is 1. The quantitative estimate of drug-likeness (QED) is 0.795. The van der Waals surface area contributed by atoms with Crippen LogP contribution in [0.25, 0.3) is 0 Å². The average molecular weight is 358 g/mol. The normalized spacial score (nSPS) is 19.8. The SMILES string of the molecule is COc1cc(N2CCC3(CC2)CN(c2cnn(C)c2)C(=O)CO3)ncn1. The third-order valence-corrected chi connectivity index (χ3v) is 5.09. The van der Waals surface area contributed by atoms with Gasteiger partial charge in [-0.15, -0.1) is 0 Å². The Morgan fingerprint density at radius 3 is 2.77 bits per heavy atom. The summed E-state index contributed by atoms with van der Waals surface area (Å²) in [4.78, 5) is 24.7. The van der Waals surface area contributed by atoms with Crippen molar-refractivity contribution in [2.75, 3.05) is 43.2 Å². The Bertz CT molecular complexity index is 799. The van der Waals surface area contributed by atoms with Crippen LogP contribution in [0.1, 0.15) is 12.8 Å². The molecule has 2 aliphatic rings. The van der Waals surface area contributed by atoms with Crippen molar-refractivity contribution in [3.05, 3.63) is 24.8 Å². The Kier molecular flexibility index (Phi) is 4.23. The fraction of sp³-hybridized carbons (Fsp3) is 0.529. The van der Waals surface area contributed by atoms with Crippen molar-refractivity contribution in [1.82, 2.24) is 19.7 Å². The molecule has 0 aromatic carbocycles. The third-order valence-electron chi connectivity index (χ3n) is 5.09. The number of anilines is 2. The van der Waals surface area contributed by atoms with Crippen LogP contribution in [0, 0.1) is 0 Å². The van der Waals surface area contributed by atoms with Crippen LogP contribution in [-0.4, -0.2) is 64.6 Å². The second-order valence-corrected chi connectivity index (χ2v) is 6.73. The van der Waals surface area contributed by atoms with Crippen molar-refractivity contribution in [3.63, 3.8) is 0 Å². The highest BCUT2D eigenvalue weighted by Crippen LogP contribution is 2.34. The molecule has 9 nitrogen and oxygen atoms in total. The number of hydrogen-bond donors (Lipinski definition) is 0. The highest BCUT2D eigenvalue weighted by atomic mass is 16.5. The number of methoxy groups -OCH3 is 1. The van der Waals surface area contributed by atoms with E-state index in [0.29, 0.717) is 12.4 Å². The number of carbonyl (C=O) groups excluding carboxylic acids is 1. The van der Waals surface area contributed by atoms with Gasteiger partial charge in [0.15, 0.2) is 0 Å². The maximum absolute atomic E-state index is 12.3. The molecule has 1 spiro atoms.